The van der Waals surface area contributed by atoms with Crippen LogP contribution in [0.1, 0.15) is 29.8 Å². The summed E-state index contributed by atoms with van der Waals surface area (Å²) in [6, 6.07) is 4.48. The summed E-state index contributed by atoms with van der Waals surface area (Å²) in [6.07, 6.45) is -2.52. The quantitative estimate of drug-likeness (QED) is 0.896. The molecule has 0 saturated heterocycles. The molecule has 26 heavy (non-hydrogen) atoms. The summed E-state index contributed by atoms with van der Waals surface area (Å²) < 4.78 is 40.6. The predicted molar refractivity (Wildman–Crippen MR) is 87.5 cm³/mol. The number of carbonyl (C=O) groups excluding carboxylic acids is 1. The third kappa shape index (κ3) is 3.97. The van der Waals surface area contributed by atoms with Crippen LogP contribution in [-0.2, 0) is 37.4 Å². The Morgan fingerprint density at radius 3 is 2.62 bits per heavy atom. The Morgan fingerprint density at radius 1 is 1.27 bits per heavy atom. The molecule has 2 aromatic rings. The topological polar surface area (TPSA) is 68.9 Å². The molecule has 1 aliphatic heterocycles. The van der Waals surface area contributed by atoms with Crippen LogP contribution in [0.2, 0.25) is 0 Å². The smallest absolute Gasteiger partial charge is 0.353 e. The number of amides is 1. The van der Waals surface area contributed by atoms with Crippen LogP contribution in [0.5, 0.6) is 0 Å². The van der Waals surface area contributed by atoms with E-state index in [1.165, 1.54) is 16.8 Å². The maximum Gasteiger partial charge on any atom is 0.416 e. The normalized spacial score (nSPS) is 17.5. The molecule has 0 radical (unpaired) electrons. The van der Waals surface area contributed by atoms with Crippen molar-refractivity contribution in [2.45, 2.75) is 44.4 Å². The van der Waals surface area contributed by atoms with Gasteiger partial charge in [0.2, 0.25) is 5.91 Å². The summed E-state index contributed by atoms with van der Waals surface area (Å²) in [5.41, 5.74) is -0.385. The maximum absolute atomic E-state index is 12.6. The van der Waals surface area contributed by atoms with Crippen LogP contribution in [0.15, 0.2) is 29.1 Å². The molecule has 0 saturated carbocycles. The number of aromatic nitrogens is 3. The van der Waals surface area contributed by atoms with E-state index in [4.69, 9.17) is 0 Å². The number of hydrogen-bond donors (Lipinski definition) is 1. The molecule has 3 rings (SSSR count). The highest BCUT2D eigenvalue weighted by atomic mass is 19.4. The number of nitrogens with one attached hydrogen (secondary N) is 1. The molecule has 0 aliphatic carbocycles. The van der Waals surface area contributed by atoms with Gasteiger partial charge in [0.1, 0.15) is 5.82 Å². The van der Waals surface area contributed by atoms with E-state index >= 15 is 0 Å². The second-order valence-electron chi connectivity index (χ2n) is 6.44. The van der Waals surface area contributed by atoms with Crippen molar-refractivity contribution in [1.82, 2.24) is 19.7 Å². The Labute approximate surface area is 147 Å². The van der Waals surface area contributed by atoms with Gasteiger partial charge in [-0.15, -0.1) is 0 Å². The number of nitrogens with zero attached hydrogens (tertiary/aromatic N) is 3. The van der Waals surface area contributed by atoms with E-state index in [0.717, 1.165) is 12.1 Å². The second-order valence-corrected chi connectivity index (χ2v) is 6.44. The van der Waals surface area contributed by atoms with Crippen LogP contribution in [0.3, 0.4) is 0 Å². The summed E-state index contributed by atoms with van der Waals surface area (Å²) in [4.78, 5) is 24.1. The lowest BCUT2D eigenvalue weighted by Gasteiger charge is -2.16. The number of carbonyl (C=O) groups is 1. The summed E-state index contributed by atoms with van der Waals surface area (Å²) in [5, 5.41) is 7.08. The average molecular weight is 368 g/mol. The number of hydrogen-bond acceptors (Lipinski definition) is 3. The maximum atomic E-state index is 12.6. The summed E-state index contributed by atoms with van der Waals surface area (Å²) in [5.74, 6) is 0.458. The molecule has 2 heterocycles. The molecule has 1 aromatic heterocycles. The average Bonchev–Trinajstić information content (AvgIpc) is 2.72. The van der Waals surface area contributed by atoms with Crippen LogP contribution in [0, 0.1) is 0 Å². The van der Waals surface area contributed by atoms with Gasteiger partial charge in [-0.05, 0) is 30.5 Å². The first-order valence-corrected chi connectivity index (χ1v) is 8.32. The van der Waals surface area contributed by atoms with Gasteiger partial charge in [-0.3, -0.25) is 9.36 Å². The molecule has 0 bridgehead atoms. The van der Waals surface area contributed by atoms with Gasteiger partial charge >= 0.3 is 11.9 Å². The molecule has 1 aromatic carbocycles. The number of benzene rings is 1. The van der Waals surface area contributed by atoms with E-state index in [-0.39, 0.29) is 24.1 Å². The molecular weight excluding hydrogens is 349 g/mol. The lowest BCUT2D eigenvalue weighted by molar-refractivity contribution is -0.137. The Balaban J connectivity index is 1.56. The Hall–Kier alpha value is -2.58. The molecule has 1 amide bonds. The monoisotopic (exact) mass is 368 g/mol. The molecule has 0 fully saturated rings. The lowest BCUT2D eigenvalue weighted by Crippen LogP contribution is -2.36. The zero-order valence-electron chi connectivity index (χ0n) is 14.2. The van der Waals surface area contributed by atoms with E-state index in [1.54, 1.807) is 11.6 Å². The zero-order valence-corrected chi connectivity index (χ0v) is 14.2. The Bertz CT molecular complexity index is 852. The highest BCUT2D eigenvalue weighted by molar-refractivity contribution is 5.78. The Kier molecular flexibility index (Phi) is 4.88. The fourth-order valence-electron chi connectivity index (χ4n) is 3.12. The zero-order chi connectivity index (χ0) is 18.9. The van der Waals surface area contributed by atoms with Crippen molar-refractivity contribution in [3.8, 4) is 0 Å². The Morgan fingerprint density at radius 2 is 1.96 bits per heavy atom. The number of fused-ring (bicyclic) bond motifs is 1. The van der Waals surface area contributed by atoms with E-state index in [0.29, 0.717) is 37.2 Å². The molecular formula is C17H19F3N4O2. The summed E-state index contributed by atoms with van der Waals surface area (Å²) in [7, 11) is 1.60. The van der Waals surface area contributed by atoms with Gasteiger partial charge in [0, 0.05) is 26.1 Å². The lowest BCUT2D eigenvalue weighted by atomic mass is 10.1. The third-order valence-corrected chi connectivity index (χ3v) is 4.51. The first-order valence-electron chi connectivity index (χ1n) is 8.32. The van der Waals surface area contributed by atoms with Crippen molar-refractivity contribution in [2.24, 2.45) is 7.05 Å². The van der Waals surface area contributed by atoms with Gasteiger partial charge in [-0.1, -0.05) is 12.1 Å². The number of rotatable bonds is 3. The molecule has 1 aliphatic rings. The van der Waals surface area contributed by atoms with Gasteiger partial charge < -0.3 is 5.32 Å². The van der Waals surface area contributed by atoms with E-state index in [9.17, 15) is 22.8 Å². The van der Waals surface area contributed by atoms with Crippen molar-refractivity contribution >= 4 is 5.91 Å². The van der Waals surface area contributed by atoms with Crippen LogP contribution in [-0.4, -0.2) is 26.3 Å². The van der Waals surface area contributed by atoms with Crippen molar-refractivity contribution in [2.75, 3.05) is 0 Å². The largest absolute Gasteiger partial charge is 0.416 e. The number of halogens is 3. The third-order valence-electron chi connectivity index (χ3n) is 4.51. The molecule has 0 spiro atoms. The van der Waals surface area contributed by atoms with Crippen LogP contribution < -0.4 is 11.0 Å². The minimum absolute atomic E-state index is 0.0148. The van der Waals surface area contributed by atoms with Gasteiger partial charge in [0.05, 0.1) is 12.0 Å². The van der Waals surface area contributed by atoms with Gasteiger partial charge in [0.25, 0.3) is 0 Å². The molecule has 1 atom stereocenters. The molecule has 6 nitrogen and oxygen atoms in total. The van der Waals surface area contributed by atoms with Gasteiger partial charge in [-0.25, -0.2) is 9.48 Å². The van der Waals surface area contributed by atoms with Crippen molar-refractivity contribution in [3.63, 3.8) is 0 Å². The first kappa shape index (κ1) is 18.2. The minimum Gasteiger partial charge on any atom is -0.353 e. The van der Waals surface area contributed by atoms with Gasteiger partial charge in [-0.2, -0.15) is 18.3 Å². The van der Waals surface area contributed by atoms with Crippen LogP contribution >= 0.6 is 0 Å². The summed E-state index contributed by atoms with van der Waals surface area (Å²) >= 11 is 0. The van der Waals surface area contributed by atoms with E-state index < -0.39 is 11.7 Å². The molecule has 1 unspecified atom stereocenters. The standard InChI is InChI=1S/C17H19F3N4O2/c1-23-16(26)24-9-8-13(6-7-14(24)22-23)21-15(25)10-11-2-4-12(5-3-11)17(18,19)20/h2-5,13H,6-10H2,1H3,(H,21,25). The first-order chi connectivity index (χ1) is 12.2. The van der Waals surface area contributed by atoms with Crippen LogP contribution in [0.4, 0.5) is 13.2 Å². The highest BCUT2D eigenvalue weighted by Crippen LogP contribution is 2.29. The SMILES string of the molecule is Cn1nc2n(c1=O)CCC(NC(=O)Cc1ccc(C(F)(F)F)cc1)CC2. The molecule has 140 valence electrons. The number of aryl methyl sites for hydroxylation is 2. The van der Waals surface area contributed by atoms with Gasteiger partial charge in [0.15, 0.2) is 0 Å². The fraction of sp³-hybridized carbons (Fsp3) is 0.471. The van der Waals surface area contributed by atoms with Crippen molar-refractivity contribution in [1.29, 1.82) is 0 Å². The predicted octanol–water partition coefficient (Wildman–Crippen LogP) is 1.66. The molecule has 1 N–H and O–H groups in total. The number of alkyl halides is 3. The van der Waals surface area contributed by atoms with E-state index in [1.807, 2.05) is 0 Å². The van der Waals surface area contributed by atoms with Crippen LogP contribution in [0.25, 0.3) is 0 Å². The summed E-state index contributed by atoms with van der Waals surface area (Å²) in [6.45, 7) is 0.479. The van der Waals surface area contributed by atoms with Crippen molar-refractivity contribution < 1.29 is 18.0 Å². The van der Waals surface area contributed by atoms with E-state index in [2.05, 4.69) is 10.4 Å². The minimum atomic E-state index is -4.39. The molecule has 9 heteroatoms. The second kappa shape index (κ2) is 6.97. The fourth-order valence-corrected chi connectivity index (χ4v) is 3.12. The highest BCUT2D eigenvalue weighted by Gasteiger charge is 2.30. The van der Waals surface area contributed by atoms with Crippen molar-refractivity contribution in [3.05, 3.63) is 51.7 Å².